The van der Waals surface area contributed by atoms with Crippen LogP contribution in [0.3, 0.4) is 0 Å². The second-order valence-electron chi connectivity index (χ2n) is 7.23. The van der Waals surface area contributed by atoms with E-state index in [0.29, 0.717) is 25.1 Å². The maximum atomic E-state index is 13.4. The molecule has 4 saturated heterocycles. The van der Waals surface area contributed by atoms with Crippen molar-refractivity contribution >= 4 is 29.5 Å². The quantitative estimate of drug-likeness (QED) is 0.708. The number of carbonyl (C=O) groups is 3. The molecule has 4 atom stereocenters. The molecule has 4 fully saturated rings. The van der Waals surface area contributed by atoms with Crippen LogP contribution in [0.1, 0.15) is 38.5 Å². The molecule has 0 unspecified atom stereocenters. The van der Waals surface area contributed by atoms with E-state index in [1.54, 1.807) is 16.7 Å². The predicted molar refractivity (Wildman–Crippen MR) is 90.0 cm³/mol. The van der Waals surface area contributed by atoms with E-state index in [9.17, 15) is 14.4 Å². The molecule has 3 N–H and O–H groups in total. The Kier molecular flexibility index (Phi) is 3.99. The molecule has 4 aliphatic rings. The van der Waals surface area contributed by atoms with Gasteiger partial charge in [0.1, 0.15) is 11.6 Å². The number of hydrogen-bond acceptors (Lipinski definition) is 5. The molecule has 1 spiro atoms. The number of primary amides is 1. The van der Waals surface area contributed by atoms with Crippen LogP contribution >= 0.6 is 11.8 Å². The fourth-order valence-corrected chi connectivity index (χ4v) is 6.17. The molecule has 0 aromatic rings. The van der Waals surface area contributed by atoms with Gasteiger partial charge in [-0.1, -0.05) is 0 Å². The third kappa shape index (κ3) is 2.26. The number of rotatable bonds is 2. The fourth-order valence-electron chi connectivity index (χ4n) is 4.75. The molecule has 24 heavy (non-hydrogen) atoms. The zero-order chi connectivity index (χ0) is 16.9. The number of nitrogens with zero attached hydrogens (tertiary/aromatic N) is 2. The third-order valence-electron chi connectivity index (χ3n) is 5.97. The van der Waals surface area contributed by atoms with Gasteiger partial charge >= 0.3 is 0 Å². The first-order valence-corrected chi connectivity index (χ1v) is 9.88. The smallest absolute Gasteiger partial charge is 0.250 e. The van der Waals surface area contributed by atoms with Gasteiger partial charge in [-0.2, -0.15) is 0 Å². The standard InChI is InChI=1S/C16H24N4O3S/c17-13(21)11-9-24-12-4-6-16(15(23)20(11)12)5-2-8-19(16)14(22)10-3-1-7-18-10/h10-12,18H,1-9H2,(H2,17,21)/t10-,11-,12+,16+/m0/s1. The van der Waals surface area contributed by atoms with Crippen LogP contribution in [0, 0.1) is 0 Å². The summed E-state index contributed by atoms with van der Waals surface area (Å²) in [5.41, 5.74) is 4.76. The van der Waals surface area contributed by atoms with E-state index in [2.05, 4.69) is 5.32 Å². The monoisotopic (exact) mass is 352 g/mol. The summed E-state index contributed by atoms with van der Waals surface area (Å²) < 4.78 is 0. The Morgan fingerprint density at radius 3 is 2.79 bits per heavy atom. The van der Waals surface area contributed by atoms with Crippen LogP contribution in [0.4, 0.5) is 0 Å². The van der Waals surface area contributed by atoms with Crippen LogP contribution in [0.25, 0.3) is 0 Å². The van der Waals surface area contributed by atoms with Gasteiger partial charge in [0.15, 0.2) is 0 Å². The summed E-state index contributed by atoms with van der Waals surface area (Å²) in [6.45, 7) is 1.50. The van der Waals surface area contributed by atoms with Crippen LogP contribution in [-0.4, -0.2) is 69.4 Å². The van der Waals surface area contributed by atoms with E-state index in [4.69, 9.17) is 5.73 Å². The SMILES string of the molecule is NC(=O)[C@@H]1CS[C@@H]2CC[C@]3(CCCN3C(=O)[C@@H]3CCCN3)C(=O)N21. The molecule has 3 amide bonds. The Balaban J connectivity index is 1.62. The van der Waals surface area contributed by atoms with Crippen LogP contribution in [0.15, 0.2) is 0 Å². The number of fused-ring (bicyclic) bond motifs is 1. The molecule has 7 nitrogen and oxygen atoms in total. The second kappa shape index (κ2) is 5.91. The second-order valence-corrected chi connectivity index (χ2v) is 8.44. The summed E-state index contributed by atoms with van der Waals surface area (Å²) in [5, 5.41) is 3.28. The lowest BCUT2D eigenvalue weighted by Crippen LogP contribution is -2.66. The lowest BCUT2D eigenvalue weighted by Gasteiger charge is -2.47. The minimum Gasteiger partial charge on any atom is -0.368 e. The van der Waals surface area contributed by atoms with Crippen molar-refractivity contribution in [1.82, 2.24) is 15.1 Å². The molecule has 0 radical (unpaired) electrons. The highest BCUT2D eigenvalue weighted by Crippen LogP contribution is 2.46. The first-order chi connectivity index (χ1) is 11.5. The van der Waals surface area contributed by atoms with E-state index in [1.807, 2.05) is 4.90 Å². The molecule has 0 aromatic carbocycles. The van der Waals surface area contributed by atoms with Gasteiger partial charge in [0.25, 0.3) is 0 Å². The van der Waals surface area contributed by atoms with Crippen molar-refractivity contribution < 1.29 is 14.4 Å². The zero-order valence-corrected chi connectivity index (χ0v) is 14.5. The van der Waals surface area contributed by atoms with Crippen molar-refractivity contribution in [2.45, 2.75) is 61.5 Å². The van der Waals surface area contributed by atoms with Crippen LogP contribution < -0.4 is 11.1 Å². The van der Waals surface area contributed by atoms with Crippen molar-refractivity contribution in [3.05, 3.63) is 0 Å². The average Bonchev–Trinajstić information content (AvgIpc) is 3.29. The lowest BCUT2D eigenvalue weighted by molar-refractivity contribution is -0.159. The third-order valence-corrected chi connectivity index (χ3v) is 7.33. The number of likely N-dealkylation sites (tertiary alicyclic amines) is 1. The van der Waals surface area contributed by atoms with Gasteiger partial charge in [-0.25, -0.2) is 0 Å². The van der Waals surface area contributed by atoms with Gasteiger partial charge in [-0.15, -0.1) is 11.8 Å². The molecule has 0 saturated carbocycles. The van der Waals surface area contributed by atoms with Crippen molar-refractivity contribution in [3.63, 3.8) is 0 Å². The Labute approximate surface area is 145 Å². The molecule has 4 rings (SSSR count). The normalized spacial score (nSPS) is 38.8. The van der Waals surface area contributed by atoms with E-state index in [0.717, 1.165) is 32.2 Å². The van der Waals surface area contributed by atoms with Crippen LogP contribution in [0.5, 0.6) is 0 Å². The lowest BCUT2D eigenvalue weighted by atomic mass is 9.84. The summed E-state index contributed by atoms with van der Waals surface area (Å²) in [5.74, 6) is 0.124. The Bertz CT molecular complexity index is 580. The summed E-state index contributed by atoms with van der Waals surface area (Å²) in [6.07, 6.45) is 4.90. The van der Waals surface area contributed by atoms with Crippen LogP contribution in [-0.2, 0) is 14.4 Å². The Morgan fingerprint density at radius 2 is 2.08 bits per heavy atom. The van der Waals surface area contributed by atoms with Gasteiger partial charge in [-0.05, 0) is 45.1 Å². The zero-order valence-electron chi connectivity index (χ0n) is 13.7. The Hall–Kier alpha value is -1.28. The molecule has 0 bridgehead atoms. The number of thioether (sulfide) groups is 1. The van der Waals surface area contributed by atoms with E-state index >= 15 is 0 Å². The maximum Gasteiger partial charge on any atom is 0.250 e. The number of carbonyl (C=O) groups excluding carboxylic acids is 3. The number of nitrogens with two attached hydrogens (primary N) is 1. The number of amides is 3. The molecule has 4 aliphatic heterocycles. The van der Waals surface area contributed by atoms with E-state index in [1.165, 1.54) is 0 Å². The summed E-state index contributed by atoms with van der Waals surface area (Å²) in [6, 6.07) is -0.697. The average molecular weight is 352 g/mol. The largest absolute Gasteiger partial charge is 0.368 e. The maximum absolute atomic E-state index is 13.4. The summed E-state index contributed by atoms with van der Waals surface area (Å²) in [7, 11) is 0. The van der Waals surface area contributed by atoms with Gasteiger partial charge < -0.3 is 20.9 Å². The van der Waals surface area contributed by atoms with Crippen molar-refractivity contribution in [2.75, 3.05) is 18.8 Å². The summed E-state index contributed by atoms with van der Waals surface area (Å²) in [4.78, 5) is 41.6. The first kappa shape index (κ1) is 16.2. The summed E-state index contributed by atoms with van der Waals surface area (Å²) >= 11 is 1.63. The fraction of sp³-hybridized carbons (Fsp3) is 0.812. The molecule has 0 aromatic heterocycles. The Morgan fingerprint density at radius 1 is 1.25 bits per heavy atom. The number of hydrogen-bond donors (Lipinski definition) is 2. The molecular formula is C16H24N4O3S. The van der Waals surface area contributed by atoms with E-state index < -0.39 is 17.5 Å². The van der Waals surface area contributed by atoms with Crippen LogP contribution in [0.2, 0.25) is 0 Å². The van der Waals surface area contributed by atoms with Gasteiger partial charge in [0.2, 0.25) is 17.7 Å². The van der Waals surface area contributed by atoms with Gasteiger partial charge in [0.05, 0.1) is 11.4 Å². The molecular weight excluding hydrogens is 328 g/mol. The highest BCUT2D eigenvalue weighted by Gasteiger charge is 2.58. The minimum absolute atomic E-state index is 0.0304. The first-order valence-electron chi connectivity index (χ1n) is 8.83. The van der Waals surface area contributed by atoms with Crippen molar-refractivity contribution in [1.29, 1.82) is 0 Å². The molecule has 8 heteroatoms. The highest BCUT2D eigenvalue weighted by molar-refractivity contribution is 8.00. The predicted octanol–water partition coefficient (Wildman–Crippen LogP) is -0.351. The van der Waals surface area contributed by atoms with Crippen molar-refractivity contribution in [3.8, 4) is 0 Å². The minimum atomic E-state index is -0.754. The molecule has 132 valence electrons. The number of piperidine rings is 1. The molecule has 4 heterocycles. The molecule has 0 aliphatic carbocycles. The van der Waals surface area contributed by atoms with Gasteiger partial charge in [-0.3, -0.25) is 14.4 Å². The topological polar surface area (TPSA) is 95.7 Å². The van der Waals surface area contributed by atoms with Gasteiger partial charge in [0, 0.05) is 12.3 Å². The highest BCUT2D eigenvalue weighted by atomic mass is 32.2. The van der Waals surface area contributed by atoms with Crippen molar-refractivity contribution in [2.24, 2.45) is 5.73 Å². The van der Waals surface area contributed by atoms with E-state index in [-0.39, 0.29) is 23.2 Å². The number of nitrogens with one attached hydrogen (secondary N) is 1.